The van der Waals surface area contributed by atoms with Crippen molar-refractivity contribution < 1.29 is 19.1 Å². The Kier molecular flexibility index (Phi) is 8.22. The molecule has 0 bridgehead atoms. The van der Waals surface area contributed by atoms with Gasteiger partial charge in [-0.1, -0.05) is 53.8 Å². The van der Waals surface area contributed by atoms with Crippen molar-refractivity contribution >= 4 is 69.3 Å². The van der Waals surface area contributed by atoms with Crippen molar-refractivity contribution in [3.63, 3.8) is 0 Å². The predicted octanol–water partition coefficient (Wildman–Crippen LogP) is 4.10. The fraction of sp³-hybridized carbons (Fsp3) is 0.182. The second kappa shape index (κ2) is 11.1. The number of anilines is 1. The molecule has 0 aliphatic carbocycles. The van der Waals surface area contributed by atoms with Crippen LogP contribution in [0, 0.1) is 0 Å². The van der Waals surface area contributed by atoms with Crippen LogP contribution >= 0.6 is 35.6 Å². The SMILES string of the molecule is O=C(CSC(=S)N[C@H]1CCOC1=O)Nc1ccc(C(=O)/C=C/c2ccc(Cl)cc2)cc1. The molecule has 1 saturated heterocycles. The summed E-state index contributed by atoms with van der Waals surface area (Å²) in [5, 5.41) is 6.27. The number of nitrogens with one attached hydrogen (secondary N) is 2. The molecule has 0 unspecified atom stereocenters. The molecule has 0 saturated carbocycles. The Balaban J connectivity index is 1.45. The number of carbonyl (C=O) groups excluding carboxylic acids is 3. The van der Waals surface area contributed by atoms with Crippen LogP contribution in [0.4, 0.5) is 5.69 Å². The molecular weight excluding hydrogens is 456 g/mol. The average molecular weight is 475 g/mol. The summed E-state index contributed by atoms with van der Waals surface area (Å²) in [6, 6.07) is 13.3. The number of amides is 1. The number of ketones is 1. The molecule has 0 radical (unpaired) electrons. The lowest BCUT2D eigenvalue weighted by molar-refractivity contribution is -0.139. The standard InChI is InChI=1S/C22H19ClN2O4S2/c23-16-6-1-14(2-7-16)3-10-19(26)15-4-8-17(9-5-15)24-20(27)13-31-22(30)25-18-11-12-29-21(18)28/h1-10,18H,11-13H2,(H,24,27)(H,25,30)/b10-3+/t18-/m0/s1. The molecule has 1 amide bonds. The van der Waals surface area contributed by atoms with Gasteiger partial charge < -0.3 is 15.4 Å². The second-order valence-corrected chi connectivity index (χ2v) is 8.69. The highest BCUT2D eigenvalue weighted by atomic mass is 35.5. The fourth-order valence-electron chi connectivity index (χ4n) is 2.70. The van der Waals surface area contributed by atoms with Crippen molar-refractivity contribution in [2.45, 2.75) is 12.5 Å². The van der Waals surface area contributed by atoms with Gasteiger partial charge in [0.1, 0.15) is 10.4 Å². The minimum absolute atomic E-state index is 0.0954. The maximum absolute atomic E-state index is 12.3. The number of carbonyl (C=O) groups is 3. The molecule has 31 heavy (non-hydrogen) atoms. The number of hydrogen-bond donors (Lipinski definition) is 2. The molecule has 2 aromatic carbocycles. The summed E-state index contributed by atoms with van der Waals surface area (Å²) in [6.07, 6.45) is 3.76. The van der Waals surface area contributed by atoms with E-state index in [-0.39, 0.29) is 23.4 Å². The topological polar surface area (TPSA) is 84.5 Å². The van der Waals surface area contributed by atoms with Gasteiger partial charge in [0, 0.05) is 22.7 Å². The Hall–Kier alpha value is -2.68. The van der Waals surface area contributed by atoms with Crippen LogP contribution in [0.2, 0.25) is 5.02 Å². The first-order chi connectivity index (χ1) is 14.9. The molecule has 0 spiro atoms. The first kappa shape index (κ1) is 23.0. The highest BCUT2D eigenvalue weighted by Crippen LogP contribution is 2.15. The van der Waals surface area contributed by atoms with E-state index >= 15 is 0 Å². The zero-order chi connectivity index (χ0) is 22.2. The van der Waals surface area contributed by atoms with E-state index in [4.69, 9.17) is 28.6 Å². The fourth-order valence-corrected chi connectivity index (χ4v) is 3.70. The number of thioether (sulfide) groups is 1. The quantitative estimate of drug-likeness (QED) is 0.270. The van der Waals surface area contributed by atoms with E-state index < -0.39 is 6.04 Å². The van der Waals surface area contributed by atoms with Gasteiger partial charge >= 0.3 is 5.97 Å². The Morgan fingerprint density at radius 1 is 1.16 bits per heavy atom. The van der Waals surface area contributed by atoms with Gasteiger partial charge in [0.05, 0.1) is 12.4 Å². The summed E-state index contributed by atoms with van der Waals surface area (Å²) >= 11 is 12.1. The monoisotopic (exact) mass is 474 g/mol. The Morgan fingerprint density at radius 2 is 1.87 bits per heavy atom. The van der Waals surface area contributed by atoms with Crippen LogP contribution in [0.5, 0.6) is 0 Å². The minimum Gasteiger partial charge on any atom is -0.464 e. The lowest BCUT2D eigenvalue weighted by Crippen LogP contribution is -2.36. The highest BCUT2D eigenvalue weighted by Gasteiger charge is 2.27. The van der Waals surface area contributed by atoms with E-state index in [0.717, 1.165) is 17.3 Å². The molecule has 6 nitrogen and oxygen atoms in total. The number of allylic oxidation sites excluding steroid dienone is 1. The highest BCUT2D eigenvalue weighted by molar-refractivity contribution is 8.23. The molecule has 1 fully saturated rings. The summed E-state index contributed by atoms with van der Waals surface area (Å²) < 4.78 is 5.22. The predicted molar refractivity (Wildman–Crippen MR) is 127 cm³/mol. The zero-order valence-corrected chi connectivity index (χ0v) is 18.7. The normalized spacial score (nSPS) is 15.5. The van der Waals surface area contributed by atoms with Crippen molar-refractivity contribution in [1.29, 1.82) is 0 Å². The molecule has 2 N–H and O–H groups in total. The van der Waals surface area contributed by atoms with E-state index in [1.54, 1.807) is 42.5 Å². The van der Waals surface area contributed by atoms with Crippen molar-refractivity contribution in [3.05, 3.63) is 70.8 Å². The van der Waals surface area contributed by atoms with Crippen LogP contribution < -0.4 is 10.6 Å². The molecule has 0 aromatic heterocycles. The first-order valence-corrected chi connectivity index (χ1v) is 11.2. The number of halogens is 1. The van der Waals surface area contributed by atoms with Crippen LogP contribution in [0.25, 0.3) is 6.08 Å². The van der Waals surface area contributed by atoms with E-state index in [1.807, 2.05) is 12.1 Å². The number of thiocarbonyl (C=S) groups is 1. The Labute approximate surface area is 194 Å². The maximum Gasteiger partial charge on any atom is 0.328 e. The molecule has 9 heteroatoms. The summed E-state index contributed by atoms with van der Waals surface area (Å²) in [6.45, 7) is 0.375. The van der Waals surface area contributed by atoms with Gasteiger partial charge in [-0.25, -0.2) is 4.79 Å². The van der Waals surface area contributed by atoms with Crippen molar-refractivity contribution in [2.75, 3.05) is 17.7 Å². The summed E-state index contributed by atoms with van der Waals surface area (Å²) in [5.41, 5.74) is 1.95. The zero-order valence-electron chi connectivity index (χ0n) is 16.3. The van der Waals surface area contributed by atoms with Crippen LogP contribution in [-0.4, -0.2) is 40.4 Å². The molecule has 160 valence electrons. The third-order valence-electron chi connectivity index (χ3n) is 4.31. The van der Waals surface area contributed by atoms with Crippen molar-refractivity contribution in [3.8, 4) is 0 Å². The number of ether oxygens (including phenoxy) is 1. The van der Waals surface area contributed by atoms with Crippen LogP contribution in [-0.2, 0) is 14.3 Å². The van der Waals surface area contributed by atoms with E-state index in [9.17, 15) is 14.4 Å². The average Bonchev–Trinajstić information content (AvgIpc) is 3.16. The van der Waals surface area contributed by atoms with Crippen LogP contribution in [0.3, 0.4) is 0 Å². The Bertz CT molecular complexity index is 1010. The Morgan fingerprint density at radius 3 is 2.52 bits per heavy atom. The summed E-state index contributed by atoms with van der Waals surface area (Å²) in [5.74, 6) is -0.627. The van der Waals surface area contributed by atoms with Gasteiger partial charge in [0.2, 0.25) is 5.91 Å². The number of esters is 1. The second-order valence-electron chi connectivity index (χ2n) is 6.60. The maximum atomic E-state index is 12.3. The third kappa shape index (κ3) is 7.20. The van der Waals surface area contributed by atoms with Gasteiger partial charge in [0.15, 0.2) is 5.78 Å². The summed E-state index contributed by atoms with van der Waals surface area (Å²) in [7, 11) is 0. The third-order valence-corrected chi connectivity index (χ3v) is 5.82. The van der Waals surface area contributed by atoms with Crippen molar-refractivity contribution in [2.24, 2.45) is 0 Å². The number of rotatable bonds is 7. The molecule has 1 aliphatic rings. The number of hydrogen-bond acceptors (Lipinski definition) is 6. The van der Waals surface area contributed by atoms with Gasteiger partial charge in [-0.2, -0.15) is 0 Å². The van der Waals surface area contributed by atoms with Crippen LogP contribution in [0.15, 0.2) is 54.6 Å². The van der Waals surface area contributed by atoms with Gasteiger partial charge in [0.25, 0.3) is 0 Å². The summed E-state index contributed by atoms with van der Waals surface area (Å²) in [4.78, 5) is 35.8. The van der Waals surface area contributed by atoms with Gasteiger partial charge in [-0.15, -0.1) is 0 Å². The number of benzene rings is 2. The minimum atomic E-state index is -0.443. The van der Waals surface area contributed by atoms with Gasteiger partial charge in [-0.3, -0.25) is 9.59 Å². The van der Waals surface area contributed by atoms with E-state index in [0.29, 0.717) is 33.6 Å². The van der Waals surface area contributed by atoms with Crippen molar-refractivity contribution in [1.82, 2.24) is 5.32 Å². The molecule has 2 aromatic rings. The number of cyclic esters (lactones) is 1. The molecular formula is C22H19ClN2O4S2. The van der Waals surface area contributed by atoms with E-state index in [1.165, 1.54) is 6.08 Å². The molecule has 1 aliphatic heterocycles. The largest absolute Gasteiger partial charge is 0.464 e. The lowest BCUT2D eigenvalue weighted by Gasteiger charge is -2.11. The molecule has 1 atom stereocenters. The first-order valence-electron chi connectivity index (χ1n) is 9.38. The molecule has 3 rings (SSSR count). The lowest BCUT2D eigenvalue weighted by atomic mass is 10.1. The smallest absolute Gasteiger partial charge is 0.328 e. The van der Waals surface area contributed by atoms with Crippen LogP contribution in [0.1, 0.15) is 22.3 Å². The van der Waals surface area contributed by atoms with Gasteiger partial charge in [-0.05, 0) is 48.0 Å². The van der Waals surface area contributed by atoms with E-state index in [2.05, 4.69) is 10.6 Å². The molecule has 1 heterocycles.